The Morgan fingerprint density at radius 2 is 2.00 bits per heavy atom. The van der Waals surface area contributed by atoms with Crippen LogP contribution in [0.3, 0.4) is 0 Å². The Labute approximate surface area is 95.4 Å². The van der Waals surface area contributed by atoms with E-state index < -0.39 is 5.97 Å². The van der Waals surface area contributed by atoms with Crippen LogP contribution < -0.4 is 5.73 Å². The fourth-order valence-electron chi connectivity index (χ4n) is 1.31. The van der Waals surface area contributed by atoms with Gasteiger partial charge in [0.25, 0.3) is 0 Å². The second-order valence-corrected chi connectivity index (χ2v) is 3.52. The van der Waals surface area contributed by atoms with Gasteiger partial charge in [-0.05, 0) is 12.1 Å². The molecule has 2 aromatic rings. The molecule has 0 spiro atoms. The Morgan fingerprint density at radius 1 is 1.38 bits per heavy atom. The van der Waals surface area contributed by atoms with Crippen LogP contribution in [0.25, 0.3) is 11.3 Å². The lowest BCUT2D eigenvalue weighted by Gasteiger charge is -1.97. The molecule has 0 saturated heterocycles. The molecule has 2 rings (SSSR count). The van der Waals surface area contributed by atoms with Crippen LogP contribution in [0.1, 0.15) is 10.4 Å². The van der Waals surface area contributed by atoms with Gasteiger partial charge >= 0.3 is 5.97 Å². The molecule has 1 aromatic heterocycles. The van der Waals surface area contributed by atoms with E-state index in [9.17, 15) is 4.79 Å². The van der Waals surface area contributed by atoms with Gasteiger partial charge < -0.3 is 15.4 Å². The van der Waals surface area contributed by atoms with Crippen molar-refractivity contribution in [1.82, 2.24) is 5.16 Å². The van der Waals surface area contributed by atoms with Crippen LogP contribution in [0.15, 0.2) is 28.8 Å². The van der Waals surface area contributed by atoms with Gasteiger partial charge in [0.15, 0.2) is 5.56 Å². The van der Waals surface area contributed by atoms with E-state index in [1.807, 2.05) is 0 Å². The Balaban J connectivity index is 2.56. The van der Waals surface area contributed by atoms with Crippen LogP contribution in [0.2, 0.25) is 5.02 Å². The highest BCUT2D eigenvalue weighted by atomic mass is 35.5. The first kappa shape index (κ1) is 10.5. The number of carboxylic acid groups (broad SMARTS) is 1. The number of benzene rings is 1. The number of hydrogen-bond acceptors (Lipinski definition) is 4. The summed E-state index contributed by atoms with van der Waals surface area (Å²) in [7, 11) is 0. The highest BCUT2D eigenvalue weighted by molar-refractivity contribution is 6.30. The zero-order valence-corrected chi connectivity index (χ0v) is 8.73. The van der Waals surface area contributed by atoms with Gasteiger partial charge in [-0.1, -0.05) is 28.9 Å². The maximum atomic E-state index is 10.9. The van der Waals surface area contributed by atoms with Gasteiger partial charge in [-0.25, -0.2) is 4.79 Å². The first-order chi connectivity index (χ1) is 7.59. The van der Waals surface area contributed by atoms with E-state index in [-0.39, 0.29) is 17.1 Å². The van der Waals surface area contributed by atoms with Gasteiger partial charge in [-0.2, -0.15) is 0 Å². The zero-order chi connectivity index (χ0) is 11.7. The monoisotopic (exact) mass is 238 g/mol. The van der Waals surface area contributed by atoms with E-state index in [0.29, 0.717) is 10.6 Å². The van der Waals surface area contributed by atoms with Gasteiger partial charge in [0.05, 0.1) is 0 Å². The summed E-state index contributed by atoms with van der Waals surface area (Å²) in [6.45, 7) is 0. The number of nitrogens with zero attached hydrogens (tertiary/aromatic N) is 1. The second kappa shape index (κ2) is 3.86. The largest absolute Gasteiger partial charge is 0.477 e. The van der Waals surface area contributed by atoms with E-state index in [1.165, 1.54) is 0 Å². The number of nitrogens with two attached hydrogens (primary N) is 1. The minimum Gasteiger partial charge on any atom is -0.477 e. The summed E-state index contributed by atoms with van der Waals surface area (Å²) in [5.41, 5.74) is 6.02. The predicted octanol–water partition coefficient (Wildman–Crippen LogP) is 2.28. The molecule has 16 heavy (non-hydrogen) atoms. The number of anilines is 1. The molecule has 0 saturated carbocycles. The van der Waals surface area contributed by atoms with Gasteiger partial charge in [0.1, 0.15) is 5.69 Å². The van der Waals surface area contributed by atoms with Crippen molar-refractivity contribution in [2.75, 3.05) is 5.73 Å². The molecule has 0 aliphatic rings. The Hall–Kier alpha value is -2.01. The molecule has 3 N–H and O–H groups in total. The third-order valence-corrected chi connectivity index (χ3v) is 2.30. The lowest BCUT2D eigenvalue weighted by molar-refractivity contribution is 0.0698. The van der Waals surface area contributed by atoms with Crippen LogP contribution in [0.5, 0.6) is 0 Å². The summed E-state index contributed by atoms with van der Waals surface area (Å²) in [6.07, 6.45) is 0. The molecule has 1 heterocycles. The van der Waals surface area contributed by atoms with Crippen molar-refractivity contribution in [3.05, 3.63) is 34.9 Å². The summed E-state index contributed by atoms with van der Waals surface area (Å²) >= 11 is 5.72. The number of halogens is 1. The summed E-state index contributed by atoms with van der Waals surface area (Å²) in [6, 6.07) is 6.55. The molecule has 0 aliphatic carbocycles. The highest BCUT2D eigenvalue weighted by Gasteiger charge is 2.21. The number of aromatic nitrogens is 1. The fourth-order valence-corrected chi connectivity index (χ4v) is 1.44. The molecule has 82 valence electrons. The van der Waals surface area contributed by atoms with Gasteiger partial charge in [-0.3, -0.25) is 0 Å². The van der Waals surface area contributed by atoms with Crippen LogP contribution >= 0.6 is 11.6 Å². The number of hydrogen-bond donors (Lipinski definition) is 2. The summed E-state index contributed by atoms with van der Waals surface area (Å²) in [4.78, 5) is 10.9. The molecule has 0 aliphatic heterocycles. The molecule has 0 unspecified atom stereocenters. The van der Waals surface area contributed by atoms with E-state index in [1.54, 1.807) is 24.3 Å². The topological polar surface area (TPSA) is 89.4 Å². The molecule has 1 aromatic carbocycles. The van der Waals surface area contributed by atoms with Crippen molar-refractivity contribution in [2.45, 2.75) is 0 Å². The molecule has 0 atom stereocenters. The molecule has 6 heteroatoms. The SMILES string of the molecule is Nc1onc(-c2ccc(Cl)cc2)c1C(=O)O. The van der Waals surface area contributed by atoms with Crippen molar-refractivity contribution in [3.8, 4) is 11.3 Å². The number of aromatic carboxylic acids is 1. The first-order valence-corrected chi connectivity index (χ1v) is 4.72. The molecule has 5 nitrogen and oxygen atoms in total. The summed E-state index contributed by atoms with van der Waals surface area (Å²) < 4.78 is 4.66. The third kappa shape index (κ3) is 1.72. The Morgan fingerprint density at radius 3 is 2.56 bits per heavy atom. The second-order valence-electron chi connectivity index (χ2n) is 3.08. The van der Waals surface area contributed by atoms with E-state index >= 15 is 0 Å². The fraction of sp³-hybridized carbons (Fsp3) is 0. The average Bonchev–Trinajstić information content (AvgIpc) is 2.61. The van der Waals surface area contributed by atoms with Crippen molar-refractivity contribution < 1.29 is 14.4 Å². The van der Waals surface area contributed by atoms with Crippen molar-refractivity contribution in [1.29, 1.82) is 0 Å². The lowest BCUT2D eigenvalue weighted by Crippen LogP contribution is -2.00. The number of carboxylic acids is 1. The molecular formula is C10H7ClN2O3. The third-order valence-electron chi connectivity index (χ3n) is 2.05. The minimum absolute atomic E-state index is 0.137. The molecule has 0 fully saturated rings. The van der Waals surface area contributed by atoms with Crippen LogP contribution in [-0.4, -0.2) is 16.2 Å². The number of carbonyl (C=O) groups is 1. The van der Waals surface area contributed by atoms with Crippen molar-refractivity contribution in [2.24, 2.45) is 0 Å². The number of rotatable bonds is 2. The van der Waals surface area contributed by atoms with Crippen LogP contribution in [-0.2, 0) is 0 Å². The molecule has 0 radical (unpaired) electrons. The van der Waals surface area contributed by atoms with Gasteiger partial charge in [-0.15, -0.1) is 0 Å². The van der Waals surface area contributed by atoms with Crippen LogP contribution in [0, 0.1) is 0 Å². The maximum absolute atomic E-state index is 10.9. The lowest BCUT2D eigenvalue weighted by atomic mass is 10.1. The quantitative estimate of drug-likeness (QED) is 0.838. The molecule has 0 amide bonds. The van der Waals surface area contributed by atoms with Crippen LogP contribution in [0.4, 0.5) is 5.88 Å². The van der Waals surface area contributed by atoms with Gasteiger partial charge in [0.2, 0.25) is 5.88 Å². The Kier molecular flexibility index (Phi) is 2.54. The minimum atomic E-state index is -1.18. The molecule has 0 bridgehead atoms. The maximum Gasteiger partial charge on any atom is 0.343 e. The van der Waals surface area contributed by atoms with E-state index in [0.717, 1.165) is 0 Å². The van der Waals surface area contributed by atoms with E-state index in [4.69, 9.17) is 22.4 Å². The van der Waals surface area contributed by atoms with Gasteiger partial charge in [0, 0.05) is 10.6 Å². The normalized spacial score (nSPS) is 10.3. The van der Waals surface area contributed by atoms with Crippen molar-refractivity contribution >= 4 is 23.5 Å². The average molecular weight is 239 g/mol. The zero-order valence-electron chi connectivity index (χ0n) is 7.98. The smallest absolute Gasteiger partial charge is 0.343 e. The predicted molar refractivity (Wildman–Crippen MR) is 58.3 cm³/mol. The number of nitrogen functional groups attached to an aromatic ring is 1. The Bertz CT molecular complexity index is 533. The summed E-state index contributed by atoms with van der Waals surface area (Å²) in [5, 5.41) is 13.1. The van der Waals surface area contributed by atoms with Crippen molar-refractivity contribution in [3.63, 3.8) is 0 Å². The standard InChI is InChI=1S/C10H7ClN2O3/c11-6-3-1-5(2-4-6)8-7(10(14)15)9(12)16-13-8/h1-4H,12H2,(H,14,15). The first-order valence-electron chi connectivity index (χ1n) is 4.34. The highest BCUT2D eigenvalue weighted by Crippen LogP contribution is 2.27. The summed E-state index contributed by atoms with van der Waals surface area (Å²) in [5.74, 6) is -1.39. The van der Waals surface area contributed by atoms with E-state index in [2.05, 4.69) is 9.68 Å². The molecular weight excluding hydrogens is 232 g/mol.